The minimum Gasteiger partial charge on any atom is -0.299 e. The molecule has 1 unspecified atom stereocenters. The normalized spacial score (nSPS) is 17.7. The molecule has 0 bridgehead atoms. The van der Waals surface area contributed by atoms with Crippen LogP contribution in [-0.2, 0) is 21.2 Å². The summed E-state index contributed by atoms with van der Waals surface area (Å²) in [5.74, 6) is 0.245. The molecule has 31 heavy (non-hydrogen) atoms. The second-order valence-corrected chi connectivity index (χ2v) is 11.3. The molecule has 2 heterocycles. The molecule has 1 saturated heterocycles. The van der Waals surface area contributed by atoms with Gasteiger partial charge in [0.2, 0.25) is 10.0 Å². The monoisotopic (exact) mass is 462 g/mol. The zero-order valence-electron chi connectivity index (χ0n) is 18.7. The van der Waals surface area contributed by atoms with Crippen LogP contribution in [0.2, 0.25) is 0 Å². The minimum absolute atomic E-state index is 0.0451. The maximum absolute atomic E-state index is 13.0. The summed E-state index contributed by atoms with van der Waals surface area (Å²) in [6.45, 7) is 4.76. The van der Waals surface area contributed by atoms with Gasteiger partial charge in [0.25, 0.3) is 0 Å². The smallest absolute Gasteiger partial charge is 0.243 e. The molecule has 170 valence electrons. The fraction of sp³-hybridized carbons (Fsp3) is 0.583. The molecule has 0 N–H and O–H groups in total. The number of sulfonamides is 1. The Balaban J connectivity index is 1.59. The first kappa shape index (κ1) is 24.1. The molecule has 0 saturated carbocycles. The molecule has 1 aromatic heterocycles. The zero-order valence-corrected chi connectivity index (χ0v) is 20.3. The van der Waals surface area contributed by atoms with Crippen LogP contribution in [0.3, 0.4) is 0 Å². The standard InChI is InChI=1S/C24H34N2O3S2/c1-3-4-5-6-7-11-21(27)17-24-25-23(18-30-24)20-12-14-22(15-13-20)31(28,29)26-16-9-8-10-19(26)2/h12-15,18-19H,3-11,16-17H2,1-2H3. The van der Waals surface area contributed by atoms with E-state index in [4.69, 9.17) is 0 Å². The molecule has 0 amide bonds. The highest BCUT2D eigenvalue weighted by molar-refractivity contribution is 7.89. The number of thiazole rings is 1. The number of unbranched alkanes of at least 4 members (excludes halogenated alkanes) is 4. The van der Waals surface area contributed by atoms with E-state index in [2.05, 4.69) is 11.9 Å². The van der Waals surface area contributed by atoms with Crippen molar-refractivity contribution >= 4 is 27.1 Å². The van der Waals surface area contributed by atoms with Gasteiger partial charge in [0.1, 0.15) is 10.8 Å². The van der Waals surface area contributed by atoms with Crippen molar-refractivity contribution in [1.82, 2.24) is 9.29 Å². The number of nitrogens with zero attached hydrogens (tertiary/aromatic N) is 2. The number of hydrogen-bond donors (Lipinski definition) is 0. The molecule has 1 aromatic carbocycles. The summed E-state index contributed by atoms with van der Waals surface area (Å²) < 4.78 is 27.6. The molecule has 1 aliphatic rings. The topological polar surface area (TPSA) is 67.3 Å². The van der Waals surface area contributed by atoms with Gasteiger partial charge in [0, 0.05) is 30.0 Å². The first-order valence-corrected chi connectivity index (χ1v) is 13.8. The van der Waals surface area contributed by atoms with Gasteiger partial charge in [-0.3, -0.25) is 4.79 Å². The minimum atomic E-state index is -3.46. The summed E-state index contributed by atoms with van der Waals surface area (Å²) in [5.41, 5.74) is 1.67. The van der Waals surface area contributed by atoms with E-state index >= 15 is 0 Å². The maximum Gasteiger partial charge on any atom is 0.243 e. The Morgan fingerprint density at radius 1 is 1.13 bits per heavy atom. The van der Waals surface area contributed by atoms with Crippen LogP contribution < -0.4 is 0 Å². The fourth-order valence-corrected chi connectivity index (χ4v) is 6.60. The van der Waals surface area contributed by atoms with E-state index in [0.717, 1.165) is 48.4 Å². The number of piperidine rings is 1. The maximum atomic E-state index is 13.0. The highest BCUT2D eigenvalue weighted by Gasteiger charge is 2.30. The van der Waals surface area contributed by atoms with E-state index in [9.17, 15) is 13.2 Å². The van der Waals surface area contributed by atoms with Crippen molar-refractivity contribution in [3.63, 3.8) is 0 Å². The summed E-state index contributed by atoms with van der Waals surface area (Å²) in [4.78, 5) is 17.2. The van der Waals surface area contributed by atoms with Gasteiger partial charge in [0.05, 0.1) is 17.0 Å². The van der Waals surface area contributed by atoms with Crippen molar-refractivity contribution in [1.29, 1.82) is 0 Å². The van der Waals surface area contributed by atoms with Gasteiger partial charge in [-0.1, -0.05) is 51.2 Å². The molecule has 7 heteroatoms. The lowest BCUT2D eigenvalue weighted by atomic mass is 10.1. The van der Waals surface area contributed by atoms with Gasteiger partial charge in [-0.2, -0.15) is 4.31 Å². The summed E-state index contributed by atoms with van der Waals surface area (Å²) in [6, 6.07) is 7.02. The highest BCUT2D eigenvalue weighted by Crippen LogP contribution is 2.28. The van der Waals surface area contributed by atoms with Crippen LogP contribution in [0.15, 0.2) is 34.5 Å². The number of aromatic nitrogens is 1. The van der Waals surface area contributed by atoms with E-state index < -0.39 is 10.0 Å². The van der Waals surface area contributed by atoms with E-state index in [0.29, 0.717) is 24.3 Å². The number of carbonyl (C=O) groups is 1. The third-order valence-electron chi connectivity index (χ3n) is 5.96. The van der Waals surface area contributed by atoms with Crippen LogP contribution >= 0.6 is 11.3 Å². The Morgan fingerprint density at radius 3 is 2.58 bits per heavy atom. The van der Waals surface area contributed by atoms with Crippen molar-refractivity contribution < 1.29 is 13.2 Å². The molecular weight excluding hydrogens is 428 g/mol. The van der Waals surface area contributed by atoms with Crippen LogP contribution in [0.5, 0.6) is 0 Å². The zero-order chi connectivity index (χ0) is 22.3. The fourth-order valence-electron chi connectivity index (χ4n) is 4.07. The SMILES string of the molecule is CCCCCCCC(=O)Cc1nc(-c2ccc(S(=O)(=O)N3CCCCC3C)cc2)cs1. The van der Waals surface area contributed by atoms with Gasteiger partial charge in [-0.25, -0.2) is 13.4 Å². The van der Waals surface area contributed by atoms with Gasteiger partial charge < -0.3 is 0 Å². The first-order valence-electron chi connectivity index (χ1n) is 11.5. The number of Topliss-reactive ketones (excluding diaryl/α,β-unsaturated/α-hetero) is 1. The van der Waals surface area contributed by atoms with Crippen LogP contribution in [0, 0.1) is 0 Å². The van der Waals surface area contributed by atoms with E-state index in [1.54, 1.807) is 16.4 Å². The van der Waals surface area contributed by atoms with Crippen LogP contribution in [0.4, 0.5) is 0 Å². The number of rotatable bonds is 11. The predicted octanol–water partition coefficient (Wildman–Crippen LogP) is 5.85. The Morgan fingerprint density at radius 2 is 1.87 bits per heavy atom. The quantitative estimate of drug-likeness (QED) is 0.393. The molecule has 2 aromatic rings. The molecule has 0 aliphatic carbocycles. The van der Waals surface area contributed by atoms with Gasteiger partial charge in [-0.05, 0) is 38.3 Å². The summed E-state index contributed by atoms with van der Waals surface area (Å²) in [7, 11) is -3.46. The molecule has 5 nitrogen and oxygen atoms in total. The second-order valence-electron chi connectivity index (χ2n) is 8.49. The lowest BCUT2D eigenvalue weighted by molar-refractivity contribution is -0.118. The third kappa shape index (κ3) is 6.46. The number of hydrogen-bond acceptors (Lipinski definition) is 5. The van der Waals surface area contributed by atoms with E-state index in [1.165, 1.54) is 30.6 Å². The van der Waals surface area contributed by atoms with E-state index in [-0.39, 0.29) is 11.8 Å². The Kier molecular flexibility index (Phi) is 8.81. The Bertz CT molecular complexity index is 951. The van der Waals surface area contributed by atoms with Gasteiger partial charge in [0.15, 0.2) is 0 Å². The summed E-state index contributed by atoms with van der Waals surface area (Å²) in [5, 5.41) is 2.77. The van der Waals surface area contributed by atoms with Crippen molar-refractivity contribution in [3.05, 3.63) is 34.7 Å². The Labute approximate surface area is 190 Å². The van der Waals surface area contributed by atoms with Crippen molar-refractivity contribution in [3.8, 4) is 11.3 Å². The predicted molar refractivity (Wildman–Crippen MR) is 127 cm³/mol. The molecule has 1 fully saturated rings. The van der Waals surface area contributed by atoms with Crippen LogP contribution in [0.25, 0.3) is 11.3 Å². The number of carbonyl (C=O) groups excluding carboxylic acids is 1. The molecule has 0 spiro atoms. The molecule has 1 atom stereocenters. The lowest BCUT2D eigenvalue weighted by Gasteiger charge is -2.32. The average Bonchev–Trinajstić information content (AvgIpc) is 3.22. The van der Waals surface area contributed by atoms with Gasteiger partial charge >= 0.3 is 0 Å². The van der Waals surface area contributed by atoms with Crippen molar-refractivity contribution in [2.45, 2.75) is 89.0 Å². The molecular formula is C24H34N2O3S2. The van der Waals surface area contributed by atoms with Crippen LogP contribution in [0.1, 0.15) is 76.6 Å². The Hall–Kier alpha value is -1.57. The van der Waals surface area contributed by atoms with Crippen molar-refractivity contribution in [2.75, 3.05) is 6.54 Å². The van der Waals surface area contributed by atoms with Gasteiger partial charge in [-0.15, -0.1) is 11.3 Å². The largest absolute Gasteiger partial charge is 0.299 e. The summed E-state index contributed by atoms with van der Waals surface area (Å²) in [6.07, 6.45) is 9.65. The highest BCUT2D eigenvalue weighted by atomic mass is 32.2. The number of benzene rings is 1. The molecule has 1 aliphatic heterocycles. The molecule has 3 rings (SSSR count). The molecule has 0 radical (unpaired) electrons. The average molecular weight is 463 g/mol. The summed E-state index contributed by atoms with van der Waals surface area (Å²) >= 11 is 1.49. The first-order chi connectivity index (χ1) is 14.9. The second kappa shape index (κ2) is 11.3. The number of ketones is 1. The van der Waals surface area contributed by atoms with Crippen LogP contribution in [-0.4, -0.2) is 36.1 Å². The third-order valence-corrected chi connectivity index (χ3v) is 8.83. The lowest BCUT2D eigenvalue weighted by Crippen LogP contribution is -2.41. The van der Waals surface area contributed by atoms with E-state index in [1.807, 2.05) is 24.4 Å². The van der Waals surface area contributed by atoms with Crippen molar-refractivity contribution in [2.24, 2.45) is 0 Å².